The van der Waals surface area contributed by atoms with Gasteiger partial charge >= 0.3 is 0 Å². The predicted molar refractivity (Wildman–Crippen MR) is 104 cm³/mol. The van der Waals surface area contributed by atoms with E-state index in [4.69, 9.17) is 4.74 Å². The average Bonchev–Trinajstić information content (AvgIpc) is 2.66. The molecule has 3 rings (SSSR count). The molecule has 0 aliphatic carbocycles. The van der Waals surface area contributed by atoms with Crippen LogP contribution in [0.4, 0.5) is 0 Å². The van der Waals surface area contributed by atoms with Gasteiger partial charge in [0.05, 0.1) is 0 Å². The van der Waals surface area contributed by atoms with Crippen molar-refractivity contribution in [2.75, 3.05) is 33.8 Å². The molecule has 0 saturated carbocycles. The van der Waals surface area contributed by atoms with E-state index in [2.05, 4.69) is 47.8 Å². The minimum atomic E-state index is -0.654. The van der Waals surface area contributed by atoms with Gasteiger partial charge < -0.3 is 15.0 Å². The van der Waals surface area contributed by atoms with Gasteiger partial charge in [-0.25, -0.2) is 0 Å². The summed E-state index contributed by atoms with van der Waals surface area (Å²) < 4.78 is 5.65. The van der Waals surface area contributed by atoms with Crippen LogP contribution in [-0.2, 0) is 16.0 Å². The van der Waals surface area contributed by atoms with E-state index in [9.17, 15) is 4.79 Å². The number of hydrogen-bond donors (Lipinski definition) is 1. The van der Waals surface area contributed by atoms with Crippen LogP contribution < -0.4 is 5.32 Å². The molecule has 1 aliphatic heterocycles. The quantitative estimate of drug-likeness (QED) is 0.888. The molecule has 0 radical (unpaired) electrons. The van der Waals surface area contributed by atoms with E-state index < -0.39 is 5.60 Å². The van der Waals surface area contributed by atoms with E-state index in [0.717, 1.165) is 32.4 Å². The van der Waals surface area contributed by atoms with Gasteiger partial charge in [-0.3, -0.25) is 4.79 Å². The van der Waals surface area contributed by atoms with Crippen molar-refractivity contribution in [2.24, 2.45) is 0 Å². The summed E-state index contributed by atoms with van der Waals surface area (Å²) >= 11 is 0. The molecule has 0 atom stereocenters. The monoisotopic (exact) mass is 362 g/mol. The fourth-order valence-electron chi connectivity index (χ4n) is 3.58. The Balaban J connectivity index is 0.00000225. The summed E-state index contributed by atoms with van der Waals surface area (Å²) in [4.78, 5) is 14.7. The van der Waals surface area contributed by atoms with Gasteiger partial charge in [0.15, 0.2) is 0 Å². The number of halogens is 1. The van der Waals surface area contributed by atoms with E-state index in [1.807, 2.05) is 11.9 Å². The van der Waals surface area contributed by atoms with E-state index in [-0.39, 0.29) is 18.3 Å². The molecule has 0 aromatic heterocycles. The Kier molecular flexibility index (Phi) is 6.82. The predicted octanol–water partition coefficient (Wildman–Crippen LogP) is 3.03. The first-order valence-corrected chi connectivity index (χ1v) is 8.64. The van der Waals surface area contributed by atoms with Gasteiger partial charge in [0.2, 0.25) is 0 Å². The van der Waals surface area contributed by atoms with Crippen LogP contribution in [0.15, 0.2) is 42.5 Å². The van der Waals surface area contributed by atoms with Crippen LogP contribution in [0.2, 0.25) is 0 Å². The summed E-state index contributed by atoms with van der Waals surface area (Å²) in [5.41, 5.74) is 0.628. The molecule has 1 saturated heterocycles. The van der Waals surface area contributed by atoms with Crippen molar-refractivity contribution in [3.8, 4) is 0 Å². The Labute approximate surface area is 155 Å². The van der Waals surface area contributed by atoms with Crippen molar-refractivity contribution in [1.82, 2.24) is 10.2 Å². The lowest BCUT2D eigenvalue weighted by molar-refractivity contribution is -0.156. The van der Waals surface area contributed by atoms with Gasteiger partial charge in [0.1, 0.15) is 5.60 Å². The molecule has 0 spiro atoms. The number of likely N-dealkylation sites (N-methyl/N-ethyl adjacent to an activating group) is 1. The Morgan fingerprint density at radius 1 is 1.16 bits per heavy atom. The number of nitrogens with zero attached hydrogens (tertiary/aromatic N) is 1. The number of fused-ring (bicyclic) bond motifs is 1. The zero-order valence-electron chi connectivity index (χ0n) is 15.0. The minimum absolute atomic E-state index is 0. The third kappa shape index (κ3) is 4.14. The number of carbonyl (C=O) groups is 1. The van der Waals surface area contributed by atoms with Crippen LogP contribution in [-0.4, -0.2) is 50.2 Å². The first kappa shape index (κ1) is 19.7. The van der Waals surface area contributed by atoms with E-state index >= 15 is 0 Å². The number of rotatable bonds is 5. The molecule has 1 amide bonds. The maximum atomic E-state index is 12.9. The average molecular weight is 363 g/mol. The SMILES string of the molecule is COC1(C(=O)N(C)CCc2cccc3ccccc23)CCNCC1.Cl. The van der Waals surface area contributed by atoms with Crippen LogP contribution in [0.5, 0.6) is 0 Å². The van der Waals surface area contributed by atoms with E-state index in [0.29, 0.717) is 6.54 Å². The molecular weight excluding hydrogens is 336 g/mol. The Hall–Kier alpha value is -1.62. The van der Waals surface area contributed by atoms with Gasteiger partial charge in [0, 0.05) is 20.7 Å². The number of carbonyl (C=O) groups excluding carboxylic acids is 1. The Bertz CT molecular complexity index is 708. The molecule has 4 nitrogen and oxygen atoms in total. The van der Waals surface area contributed by atoms with Crippen LogP contribution in [0.1, 0.15) is 18.4 Å². The Morgan fingerprint density at radius 2 is 1.84 bits per heavy atom. The van der Waals surface area contributed by atoms with Crippen molar-refractivity contribution in [2.45, 2.75) is 24.9 Å². The molecule has 0 bridgehead atoms. The van der Waals surface area contributed by atoms with Gasteiger partial charge in [-0.1, -0.05) is 42.5 Å². The Morgan fingerprint density at radius 3 is 2.56 bits per heavy atom. The third-order valence-electron chi connectivity index (χ3n) is 5.13. The smallest absolute Gasteiger partial charge is 0.254 e. The molecule has 1 aliphatic rings. The first-order valence-electron chi connectivity index (χ1n) is 8.64. The zero-order chi connectivity index (χ0) is 17.0. The van der Waals surface area contributed by atoms with Gasteiger partial charge in [0.25, 0.3) is 5.91 Å². The number of piperidine rings is 1. The number of methoxy groups -OCH3 is 1. The maximum Gasteiger partial charge on any atom is 0.254 e. The number of nitrogens with one attached hydrogen (secondary N) is 1. The largest absolute Gasteiger partial charge is 0.368 e. The minimum Gasteiger partial charge on any atom is -0.368 e. The molecule has 2 aromatic carbocycles. The van der Waals surface area contributed by atoms with Crippen LogP contribution >= 0.6 is 12.4 Å². The number of amides is 1. The number of hydrogen-bond acceptors (Lipinski definition) is 3. The summed E-state index contributed by atoms with van der Waals surface area (Å²) in [5, 5.41) is 5.81. The highest BCUT2D eigenvalue weighted by molar-refractivity contribution is 5.87. The highest BCUT2D eigenvalue weighted by Gasteiger charge is 2.41. The second-order valence-electron chi connectivity index (χ2n) is 6.56. The molecular formula is C20H27ClN2O2. The normalized spacial score (nSPS) is 16.2. The van der Waals surface area contributed by atoms with Gasteiger partial charge in [-0.2, -0.15) is 0 Å². The fourth-order valence-corrected chi connectivity index (χ4v) is 3.58. The van der Waals surface area contributed by atoms with Gasteiger partial charge in [-0.05, 0) is 48.7 Å². The molecule has 2 aromatic rings. The summed E-state index contributed by atoms with van der Waals surface area (Å²) in [6.07, 6.45) is 2.32. The molecule has 0 unspecified atom stereocenters. The highest BCUT2D eigenvalue weighted by Crippen LogP contribution is 2.25. The second-order valence-corrected chi connectivity index (χ2v) is 6.56. The summed E-state index contributed by atoms with van der Waals surface area (Å²) in [7, 11) is 3.54. The van der Waals surface area contributed by atoms with Crippen molar-refractivity contribution in [3.05, 3.63) is 48.0 Å². The number of benzene rings is 2. The lowest BCUT2D eigenvalue weighted by Gasteiger charge is -2.37. The fraction of sp³-hybridized carbons (Fsp3) is 0.450. The summed E-state index contributed by atoms with van der Waals surface area (Å²) in [5.74, 6) is 0.103. The molecule has 1 fully saturated rings. The van der Waals surface area contributed by atoms with Crippen LogP contribution in [0, 0.1) is 0 Å². The third-order valence-corrected chi connectivity index (χ3v) is 5.13. The maximum absolute atomic E-state index is 12.9. The molecule has 5 heteroatoms. The molecule has 1 N–H and O–H groups in total. The van der Waals surface area contributed by atoms with E-state index in [1.165, 1.54) is 16.3 Å². The summed E-state index contributed by atoms with van der Waals surface area (Å²) in [6.45, 7) is 2.36. The molecule has 136 valence electrons. The van der Waals surface area contributed by atoms with Gasteiger partial charge in [-0.15, -0.1) is 12.4 Å². The first-order chi connectivity index (χ1) is 11.7. The van der Waals surface area contributed by atoms with E-state index in [1.54, 1.807) is 7.11 Å². The standard InChI is InChI=1S/C20H26N2O2.ClH/c1-22(19(23)20(24-2)11-13-21-14-12-20)15-10-17-8-5-7-16-6-3-4-9-18(16)17;/h3-9,21H,10-15H2,1-2H3;1H. The summed E-state index contributed by atoms with van der Waals surface area (Å²) in [6, 6.07) is 14.8. The highest BCUT2D eigenvalue weighted by atomic mass is 35.5. The zero-order valence-corrected chi connectivity index (χ0v) is 15.8. The number of ether oxygens (including phenoxy) is 1. The van der Waals surface area contributed by atoms with Crippen molar-refractivity contribution in [3.63, 3.8) is 0 Å². The van der Waals surface area contributed by atoms with Crippen molar-refractivity contribution < 1.29 is 9.53 Å². The molecule has 25 heavy (non-hydrogen) atoms. The second kappa shape index (κ2) is 8.65. The van der Waals surface area contributed by atoms with Crippen molar-refractivity contribution >= 4 is 29.1 Å². The van der Waals surface area contributed by atoms with Crippen LogP contribution in [0.25, 0.3) is 10.8 Å². The lowest BCUT2D eigenvalue weighted by atomic mass is 9.90. The topological polar surface area (TPSA) is 41.6 Å². The van der Waals surface area contributed by atoms with Crippen molar-refractivity contribution in [1.29, 1.82) is 0 Å². The lowest BCUT2D eigenvalue weighted by Crippen LogP contribution is -2.54. The van der Waals surface area contributed by atoms with Crippen LogP contribution in [0.3, 0.4) is 0 Å². The molecule has 1 heterocycles.